The zero-order valence-electron chi connectivity index (χ0n) is 53.6. The summed E-state index contributed by atoms with van der Waals surface area (Å²) in [5.41, 5.74) is 0. The van der Waals surface area contributed by atoms with Crippen LogP contribution >= 0.6 is 0 Å². The van der Waals surface area contributed by atoms with Crippen LogP contribution in [0.5, 0.6) is 0 Å². The lowest BCUT2D eigenvalue weighted by Gasteiger charge is -2.20. The van der Waals surface area contributed by atoms with E-state index in [0.717, 1.165) is 44.9 Å². The molecular formula is C73H141NO5. The van der Waals surface area contributed by atoms with Gasteiger partial charge in [0.2, 0.25) is 5.91 Å². The first-order valence-electron chi connectivity index (χ1n) is 36.1. The highest BCUT2D eigenvalue weighted by molar-refractivity contribution is 5.76. The molecule has 1 amide bonds. The Bertz CT molecular complexity index is 1230. The molecule has 0 aromatic heterocycles. The summed E-state index contributed by atoms with van der Waals surface area (Å²) in [5, 5.41) is 23.3. The molecule has 0 bridgehead atoms. The van der Waals surface area contributed by atoms with Crippen LogP contribution in [-0.2, 0) is 14.3 Å². The van der Waals surface area contributed by atoms with Crippen LogP contribution in [0.1, 0.15) is 406 Å². The SMILES string of the molecule is CCCCCCCC/C=C\CCCCCCCCCCCC(=O)OCCCCCCCCCCCCCCCCCCCCCC(=O)NC(CO)C(O)/C=C/CCCCCCCCCCCCCCCCCCCCCCCC. The molecule has 468 valence electrons. The number of carbonyl (C=O) groups excluding carboxylic acids is 2. The van der Waals surface area contributed by atoms with Crippen molar-refractivity contribution in [2.45, 2.75) is 418 Å². The van der Waals surface area contributed by atoms with Gasteiger partial charge in [-0.15, -0.1) is 0 Å². The third-order valence-corrected chi connectivity index (χ3v) is 17.0. The van der Waals surface area contributed by atoms with Crippen LogP contribution in [0.15, 0.2) is 24.3 Å². The van der Waals surface area contributed by atoms with Gasteiger partial charge < -0.3 is 20.3 Å². The van der Waals surface area contributed by atoms with Crippen molar-refractivity contribution in [1.29, 1.82) is 0 Å². The summed E-state index contributed by atoms with van der Waals surface area (Å²) in [6.07, 6.45) is 86.8. The van der Waals surface area contributed by atoms with Gasteiger partial charge >= 0.3 is 5.97 Å². The number of aliphatic hydroxyl groups is 2. The van der Waals surface area contributed by atoms with Crippen LogP contribution in [0.3, 0.4) is 0 Å². The number of hydrogen-bond donors (Lipinski definition) is 3. The van der Waals surface area contributed by atoms with Gasteiger partial charge in [0.05, 0.1) is 25.4 Å². The molecule has 2 atom stereocenters. The topological polar surface area (TPSA) is 95.9 Å². The number of unbranched alkanes of at least 4 members (excludes halogenated alkanes) is 55. The van der Waals surface area contributed by atoms with Gasteiger partial charge in [0.25, 0.3) is 0 Å². The van der Waals surface area contributed by atoms with Crippen molar-refractivity contribution in [2.24, 2.45) is 0 Å². The highest BCUT2D eigenvalue weighted by Gasteiger charge is 2.18. The standard InChI is InChI=1S/C73H141NO5/c1-3-5-7-9-11-13-15-17-19-21-23-24-25-26-27-30-33-37-41-45-49-53-57-61-65-71(76)70(69-75)74-72(77)66-62-58-54-50-46-42-38-34-31-28-32-36-40-44-48-52-56-60-64-68-79-73(78)67-63-59-55-51-47-43-39-35-29-22-20-18-16-14-12-10-8-6-4-2/h18,20,61,65,70-71,75-76H,3-17,19,21-60,62-64,66-69H2,1-2H3,(H,74,77)/b20-18-,65-61+. The molecule has 2 unspecified atom stereocenters. The summed E-state index contributed by atoms with van der Waals surface area (Å²) in [7, 11) is 0. The predicted octanol–water partition coefficient (Wildman–Crippen LogP) is 23.3. The summed E-state index contributed by atoms with van der Waals surface area (Å²) in [4.78, 5) is 24.7. The van der Waals surface area contributed by atoms with Crippen LogP contribution < -0.4 is 5.32 Å². The van der Waals surface area contributed by atoms with Crippen molar-refractivity contribution >= 4 is 11.9 Å². The van der Waals surface area contributed by atoms with E-state index in [-0.39, 0.29) is 18.5 Å². The largest absolute Gasteiger partial charge is 0.466 e. The van der Waals surface area contributed by atoms with Crippen molar-refractivity contribution < 1.29 is 24.5 Å². The monoisotopic (exact) mass is 1110 g/mol. The molecule has 0 saturated heterocycles. The quantitative estimate of drug-likeness (QED) is 0.0320. The second kappa shape index (κ2) is 68.8. The molecule has 0 aromatic carbocycles. The number of hydrogen-bond acceptors (Lipinski definition) is 5. The zero-order valence-corrected chi connectivity index (χ0v) is 53.6. The summed E-state index contributed by atoms with van der Waals surface area (Å²) in [5.74, 6) is -0.0571. The Morgan fingerprint density at radius 1 is 0.342 bits per heavy atom. The van der Waals surface area contributed by atoms with Gasteiger partial charge in [0.1, 0.15) is 0 Å². The Hall–Kier alpha value is -1.66. The first-order valence-corrected chi connectivity index (χ1v) is 36.1. The maximum atomic E-state index is 12.5. The number of amides is 1. The number of rotatable bonds is 68. The number of nitrogens with one attached hydrogen (secondary N) is 1. The van der Waals surface area contributed by atoms with Gasteiger partial charge in [0, 0.05) is 12.8 Å². The molecule has 0 saturated carbocycles. The van der Waals surface area contributed by atoms with E-state index in [4.69, 9.17) is 4.74 Å². The zero-order chi connectivity index (χ0) is 57.1. The lowest BCUT2D eigenvalue weighted by molar-refractivity contribution is -0.143. The van der Waals surface area contributed by atoms with Crippen molar-refractivity contribution in [3.63, 3.8) is 0 Å². The van der Waals surface area contributed by atoms with Gasteiger partial charge in [0.15, 0.2) is 0 Å². The fraction of sp³-hybridized carbons (Fsp3) is 0.918. The Morgan fingerprint density at radius 2 is 0.595 bits per heavy atom. The van der Waals surface area contributed by atoms with Crippen LogP contribution in [-0.4, -0.2) is 47.4 Å². The van der Waals surface area contributed by atoms with E-state index < -0.39 is 12.1 Å². The minimum absolute atomic E-state index is 0.00906. The summed E-state index contributed by atoms with van der Waals surface area (Å²) in [6, 6.07) is -0.632. The predicted molar refractivity (Wildman–Crippen MR) is 347 cm³/mol. The molecule has 0 aliphatic rings. The average molecular weight is 1110 g/mol. The lowest BCUT2D eigenvalue weighted by atomic mass is 10.0. The minimum atomic E-state index is -0.848. The molecule has 3 N–H and O–H groups in total. The molecule has 0 aliphatic carbocycles. The Morgan fingerprint density at radius 3 is 0.899 bits per heavy atom. The van der Waals surface area contributed by atoms with E-state index in [1.165, 1.54) is 334 Å². The lowest BCUT2D eigenvalue weighted by Crippen LogP contribution is -2.45. The van der Waals surface area contributed by atoms with Crippen LogP contribution in [0.25, 0.3) is 0 Å². The molecule has 0 rings (SSSR count). The molecule has 6 heteroatoms. The summed E-state index contributed by atoms with van der Waals surface area (Å²) < 4.78 is 5.51. The van der Waals surface area contributed by atoms with Crippen molar-refractivity contribution in [2.75, 3.05) is 13.2 Å². The third kappa shape index (κ3) is 65.4. The Balaban J connectivity index is 3.41. The van der Waals surface area contributed by atoms with E-state index >= 15 is 0 Å². The van der Waals surface area contributed by atoms with E-state index in [2.05, 4.69) is 31.3 Å². The molecule has 0 aromatic rings. The maximum absolute atomic E-state index is 12.5. The number of aliphatic hydroxyl groups excluding tert-OH is 2. The Labute approximate surface area is 494 Å². The smallest absolute Gasteiger partial charge is 0.305 e. The van der Waals surface area contributed by atoms with Crippen molar-refractivity contribution in [3.05, 3.63) is 24.3 Å². The van der Waals surface area contributed by atoms with E-state index in [0.29, 0.717) is 19.4 Å². The fourth-order valence-electron chi connectivity index (χ4n) is 11.5. The first kappa shape index (κ1) is 77.3. The molecular weight excluding hydrogens is 971 g/mol. The van der Waals surface area contributed by atoms with E-state index in [9.17, 15) is 19.8 Å². The highest BCUT2D eigenvalue weighted by atomic mass is 16.5. The van der Waals surface area contributed by atoms with Gasteiger partial charge in [-0.3, -0.25) is 9.59 Å². The molecule has 0 fully saturated rings. The average Bonchev–Trinajstić information content (AvgIpc) is 3.45. The molecule has 0 aliphatic heterocycles. The Kier molecular flexibility index (Phi) is 67.4. The second-order valence-electron chi connectivity index (χ2n) is 24.9. The summed E-state index contributed by atoms with van der Waals surface area (Å²) in [6.45, 7) is 4.94. The maximum Gasteiger partial charge on any atom is 0.305 e. The molecule has 79 heavy (non-hydrogen) atoms. The number of ether oxygens (including phenoxy) is 1. The highest BCUT2D eigenvalue weighted by Crippen LogP contribution is 2.19. The molecule has 6 nitrogen and oxygen atoms in total. The second-order valence-corrected chi connectivity index (χ2v) is 24.9. The van der Waals surface area contributed by atoms with Gasteiger partial charge in [-0.1, -0.05) is 359 Å². The van der Waals surface area contributed by atoms with Crippen LogP contribution in [0, 0.1) is 0 Å². The molecule has 0 spiro atoms. The molecule has 0 radical (unpaired) electrons. The van der Waals surface area contributed by atoms with Gasteiger partial charge in [-0.2, -0.15) is 0 Å². The fourth-order valence-corrected chi connectivity index (χ4v) is 11.5. The van der Waals surface area contributed by atoms with Crippen molar-refractivity contribution in [1.82, 2.24) is 5.32 Å². The molecule has 0 heterocycles. The first-order chi connectivity index (χ1) is 39.0. The van der Waals surface area contributed by atoms with Gasteiger partial charge in [-0.25, -0.2) is 0 Å². The van der Waals surface area contributed by atoms with E-state index in [1.54, 1.807) is 6.08 Å². The normalized spacial score (nSPS) is 12.6. The number of carbonyl (C=O) groups is 2. The number of esters is 1. The number of allylic oxidation sites excluding steroid dienone is 3. The van der Waals surface area contributed by atoms with E-state index in [1.807, 2.05) is 6.08 Å². The van der Waals surface area contributed by atoms with Crippen molar-refractivity contribution in [3.8, 4) is 0 Å². The van der Waals surface area contributed by atoms with Crippen LogP contribution in [0.4, 0.5) is 0 Å². The van der Waals surface area contributed by atoms with Gasteiger partial charge in [-0.05, 0) is 57.8 Å². The third-order valence-electron chi connectivity index (χ3n) is 17.0. The minimum Gasteiger partial charge on any atom is -0.466 e. The summed E-state index contributed by atoms with van der Waals surface area (Å²) >= 11 is 0. The van der Waals surface area contributed by atoms with Crippen LogP contribution in [0.2, 0.25) is 0 Å².